The third-order valence-electron chi connectivity index (χ3n) is 5.76. The first-order chi connectivity index (χ1) is 13.1. The Kier molecular flexibility index (Phi) is 4.65. The number of ether oxygens (including phenoxy) is 1. The molecule has 1 aromatic heterocycles. The van der Waals surface area contributed by atoms with Crippen LogP contribution in [0.5, 0.6) is 5.75 Å². The van der Waals surface area contributed by atoms with Crippen molar-refractivity contribution in [2.24, 2.45) is 0 Å². The van der Waals surface area contributed by atoms with Gasteiger partial charge in [-0.15, -0.1) is 0 Å². The number of hydrogen-bond acceptors (Lipinski definition) is 2. The molecule has 0 spiro atoms. The molecule has 1 N–H and O–H groups in total. The lowest BCUT2D eigenvalue weighted by Gasteiger charge is -2.31. The first-order valence-electron chi connectivity index (χ1n) is 9.70. The zero-order valence-electron chi connectivity index (χ0n) is 16.2. The second-order valence-electron chi connectivity index (χ2n) is 7.30. The van der Waals surface area contributed by atoms with Gasteiger partial charge in [0.15, 0.2) is 0 Å². The molecule has 4 rings (SSSR count). The van der Waals surface area contributed by atoms with Crippen LogP contribution in [0.2, 0.25) is 0 Å². The number of carbonyl (C=O) groups excluding carboxylic acids is 1. The van der Waals surface area contributed by atoms with Crippen LogP contribution in [0.25, 0.3) is 22.2 Å². The van der Waals surface area contributed by atoms with Crippen LogP contribution in [0.15, 0.2) is 48.5 Å². The van der Waals surface area contributed by atoms with Crippen molar-refractivity contribution in [3.8, 4) is 17.0 Å². The molecule has 0 radical (unpaired) electrons. The number of para-hydroxylation sites is 1. The largest absolute Gasteiger partial charge is 0.497 e. The Labute approximate surface area is 160 Å². The molecule has 140 valence electrons. The number of amides is 1. The Morgan fingerprint density at radius 2 is 2.04 bits per heavy atom. The van der Waals surface area contributed by atoms with E-state index in [1.54, 1.807) is 7.11 Å². The van der Waals surface area contributed by atoms with Crippen molar-refractivity contribution in [1.82, 2.24) is 9.88 Å². The van der Waals surface area contributed by atoms with Gasteiger partial charge in [-0.1, -0.05) is 37.3 Å². The Balaban J connectivity index is 1.92. The van der Waals surface area contributed by atoms with E-state index in [1.807, 2.05) is 18.2 Å². The summed E-state index contributed by atoms with van der Waals surface area (Å²) in [4.78, 5) is 18.4. The molecule has 27 heavy (non-hydrogen) atoms. The summed E-state index contributed by atoms with van der Waals surface area (Å²) >= 11 is 0. The lowest BCUT2D eigenvalue weighted by atomic mass is 9.96. The predicted octanol–water partition coefficient (Wildman–Crippen LogP) is 5.31. The Hall–Kier alpha value is -2.75. The maximum atomic E-state index is 12.7. The van der Waals surface area contributed by atoms with Gasteiger partial charge in [-0.2, -0.15) is 0 Å². The molecule has 4 heteroatoms. The number of fused-ring (bicyclic) bond motifs is 1. The number of aromatic amines is 1. The Morgan fingerprint density at radius 3 is 2.81 bits per heavy atom. The maximum absolute atomic E-state index is 12.7. The van der Waals surface area contributed by atoms with Crippen molar-refractivity contribution in [2.45, 2.75) is 45.2 Å². The molecule has 1 amide bonds. The second kappa shape index (κ2) is 7.10. The van der Waals surface area contributed by atoms with Gasteiger partial charge in [0.05, 0.1) is 18.8 Å². The van der Waals surface area contributed by atoms with Gasteiger partial charge in [0.2, 0.25) is 5.91 Å². The number of aromatic nitrogens is 1. The van der Waals surface area contributed by atoms with Crippen molar-refractivity contribution in [1.29, 1.82) is 0 Å². The molecular weight excluding hydrogens is 336 g/mol. The average molecular weight is 362 g/mol. The van der Waals surface area contributed by atoms with Crippen LogP contribution in [0.1, 0.15) is 44.7 Å². The zero-order chi connectivity index (χ0) is 19.0. The minimum absolute atomic E-state index is 0.102. The fourth-order valence-electron chi connectivity index (χ4n) is 4.25. The van der Waals surface area contributed by atoms with Crippen LogP contribution in [-0.2, 0) is 4.79 Å². The number of likely N-dealkylation sites (tertiary alicyclic amines) is 1. The summed E-state index contributed by atoms with van der Waals surface area (Å²) < 4.78 is 5.43. The lowest BCUT2D eigenvalue weighted by Crippen LogP contribution is -2.35. The van der Waals surface area contributed by atoms with Crippen LogP contribution in [0, 0.1) is 0 Å². The van der Waals surface area contributed by atoms with E-state index in [4.69, 9.17) is 4.74 Å². The average Bonchev–Trinajstić information content (AvgIpc) is 3.27. The maximum Gasteiger partial charge on any atom is 0.223 e. The summed E-state index contributed by atoms with van der Waals surface area (Å²) in [5.74, 6) is 1.09. The summed E-state index contributed by atoms with van der Waals surface area (Å²) in [7, 11) is 1.69. The topological polar surface area (TPSA) is 45.3 Å². The summed E-state index contributed by atoms with van der Waals surface area (Å²) in [6.07, 6.45) is 2.44. The molecule has 1 fully saturated rings. The summed E-state index contributed by atoms with van der Waals surface area (Å²) in [5, 5.41) is 1.20. The molecule has 2 heterocycles. The molecule has 0 aliphatic carbocycles. The molecule has 0 bridgehead atoms. The van der Waals surface area contributed by atoms with E-state index < -0.39 is 0 Å². The van der Waals surface area contributed by atoms with Gasteiger partial charge in [0.1, 0.15) is 5.75 Å². The van der Waals surface area contributed by atoms with E-state index in [0.717, 1.165) is 35.4 Å². The fraction of sp³-hybridized carbons (Fsp3) is 0.348. The smallest absolute Gasteiger partial charge is 0.223 e. The molecular formula is C23H26N2O2. The van der Waals surface area contributed by atoms with Crippen LogP contribution >= 0.6 is 0 Å². The fourth-order valence-corrected chi connectivity index (χ4v) is 4.25. The molecule has 0 saturated carbocycles. The predicted molar refractivity (Wildman–Crippen MR) is 109 cm³/mol. The van der Waals surface area contributed by atoms with E-state index >= 15 is 0 Å². The molecule has 1 aliphatic rings. The number of rotatable bonds is 5. The minimum atomic E-state index is 0.102. The van der Waals surface area contributed by atoms with Gasteiger partial charge in [0.25, 0.3) is 0 Å². The summed E-state index contributed by atoms with van der Waals surface area (Å²) in [6, 6.07) is 16.8. The van der Waals surface area contributed by atoms with Gasteiger partial charge < -0.3 is 14.6 Å². The first kappa shape index (κ1) is 17.7. The molecule has 0 unspecified atom stereocenters. The third kappa shape index (κ3) is 2.99. The number of benzene rings is 2. The second-order valence-corrected chi connectivity index (χ2v) is 7.30. The van der Waals surface area contributed by atoms with Crippen molar-refractivity contribution >= 4 is 16.8 Å². The molecule has 2 aromatic carbocycles. The van der Waals surface area contributed by atoms with Crippen molar-refractivity contribution in [2.75, 3.05) is 7.11 Å². The van der Waals surface area contributed by atoms with Crippen molar-refractivity contribution in [3.63, 3.8) is 0 Å². The van der Waals surface area contributed by atoms with E-state index in [-0.39, 0.29) is 18.0 Å². The Bertz CT molecular complexity index is 975. The number of methoxy groups -OCH3 is 1. The standard InChI is InChI=1S/C23H26N2O2/c1-4-15(2)25-20(12-13-21(25)26)22-18-10-5-6-11-19(18)24-23(22)16-8-7-9-17(14-16)27-3/h5-11,14-15,20,24H,4,12-13H2,1-3H3/t15-,20+/m0/s1. The molecule has 3 aromatic rings. The summed E-state index contributed by atoms with van der Waals surface area (Å²) in [6.45, 7) is 4.29. The third-order valence-corrected chi connectivity index (χ3v) is 5.76. The quantitative estimate of drug-likeness (QED) is 0.669. The zero-order valence-corrected chi connectivity index (χ0v) is 16.2. The van der Waals surface area contributed by atoms with Crippen molar-refractivity contribution in [3.05, 3.63) is 54.1 Å². The van der Waals surface area contributed by atoms with Crippen LogP contribution in [0.3, 0.4) is 0 Å². The number of carbonyl (C=O) groups is 1. The van der Waals surface area contributed by atoms with Gasteiger partial charge in [-0.25, -0.2) is 0 Å². The molecule has 2 atom stereocenters. The van der Waals surface area contributed by atoms with E-state index in [1.165, 1.54) is 10.9 Å². The van der Waals surface area contributed by atoms with E-state index in [9.17, 15) is 4.79 Å². The number of nitrogens with one attached hydrogen (secondary N) is 1. The van der Waals surface area contributed by atoms with E-state index in [2.05, 4.69) is 54.1 Å². The lowest BCUT2D eigenvalue weighted by molar-refractivity contribution is -0.131. The van der Waals surface area contributed by atoms with Gasteiger partial charge >= 0.3 is 0 Å². The van der Waals surface area contributed by atoms with Gasteiger partial charge in [-0.3, -0.25) is 4.79 Å². The first-order valence-corrected chi connectivity index (χ1v) is 9.70. The van der Waals surface area contributed by atoms with Crippen molar-refractivity contribution < 1.29 is 9.53 Å². The van der Waals surface area contributed by atoms with Crippen LogP contribution in [-0.4, -0.2) is 28.9 Å². The Morgan fingerprint density at radius 1 is 1.22 bits per heavy atom. The highest BCUT2D eigenvalue weighted by Crippen LogP contribution is 2.43. The monoisotopic (exact) mass is 362 g/mol. The minimum Gasteiger partial charge on any atom is -0.497 e. The van der Waals surface area contributed by atoms with Crippen LogP contribution in [0.4, 0.5) is 0 Å². The van der Waals surface area contributed by atoms with Crippen LogP contribution < -0.4 is 4.74 Å². The normalized spacial score (nSPS) is 18.3. The highest BCUT2D eigenvalue weighted by Gasteiger charge is 2.37. The molecule has 1 saturated heterocycles. The SMILES string of the molecule is CC[C@H](C)N1C(=O)CC[C@@H]1c1c(-c2cccc(OC)c2)[nH]c2ccccc12. The molecule has 1 aliphatic heterocycles. The number of H-pyrrole nitrogens is 1. The molecule has 4 nitrogen and oxygen atoms in total. The summed E-state index contributed by atoms with van der Waals surface area (Å²) in [5.41, 5.74) is 4.51. The number of nitrogens with zero attached hydrogens (tertiary/aromatic N) is 1. The van der Waals surface area contributed by atoms with Gasteiger partial charge in [-0.05, 0) is 38.0 Å². The highest BCUT2D eigenvalue weighted by molar-refractivity contribution is 5.93. The number of hydrogen-bond donors (Lipinski definition) is 1. The van der Waals surface area contributed by atoms with Gasteiger partial charge in [0, 0.05) is 34.5 Å². The van der Waals surface area contributed by atoms with E-state index in [0.29, 0.717) is 6.42 Å². The highest BCUT2D eigenvalue weighted by atomic mass is 16.5.